The lowest BCUT2D eigenvalue weighted by atomic mass is 10.1. The van der Waals surface area contributed by atoms with Gasteiger partial charge in [-0.2, -0.15) is 0 Å². The fourth-order valence-electron chi connectivity index (χ4n) is 1.85. The van der Waals surface area contributed by atoms with Crippen molar-refractivity contribution in [1.82, 2.24) is 15.4 Å². The molecule has 1 aromatic carbocycles. The minimum absolute atomic E-state index is 0. The molecule has 0 radical (unpaired) electrons. The third-order valence-electron chi connectivity index (χ3n) is 2.94. The molecular weight excluding hydrogens is 514 g/mol. The van der Waals surface area contributed by atoms with Crippen LogP contribution in [0, 0.1) is 5.82 Å². The normalized spacial score (nSPS) is 11.8. The summed E-state index contributed by atoms with van der Waals surface area (Å²) >= 11 is 3.23. The number of sulfonamides is 1. The summed E-state index contributed by atoms with van der Waals surface area (Å²) in [5.41, 5.74) is 0.676. The highest BCUT2D eigenvalue weighted by atomic mass is 127. The lowest BCUT2D eigenvalue weighted by molar-refractivity contribution is 0.586. The Balaban J connectivity index is 0.00000529. The minimum atomic E-state index is -3.18. The average molecular weight is 537 g/mol. The molecule has 138 valence electrons. The van der Waals surface area contributed by atoms with Gasteiger partial charge in [0.15, 0.2) is 5.96 Å². The first-order valence-electron chi connectivity index (χ1n) is 7.15. The molecule has 0 atom stereocenters. The van der Waals surface area contributed by atoms with Crippen LogP contribution in [0.4, 0.5) is 4.39 Å². The maximum absolute atomic E-state index is 13.7. The number of aryl methyl sites for hydroxylation is 1. The molecule has 0 amide bonds. The van der Waals surface area contributed by atoms with E-state index in [1.807, 2.05) is 6.07 Å². The average Bonchev–Trinajstić information content (AvgIpc) is 2.46. The highest BCUT2D eigenvalue weighted by Gasteiger charge is 2.03. The number of benzene rings is 1. The van der Waals surface area contributed by atoms with E-state index in [-0.39, 0.29) is 36.3 Å². The first-order valence-corrected chi connectivity index (χ1v) is 9.83. The van der Waals surface area contributed by atoms with Crippen molar-refractivity contribution in [1.29, 1.82) is 0 Å². The molecule has 0 fully saturated rings. The molecule has 0 aliphatic carbocycles. The largest absolute Gasteiger partial charge is 0.356 e. The zero-order chi connectivity index (χ0) is 17.3. The minimum Gasteiger partial charge on any atom is -0.356 e. The summed E-state index contributed by atoms with van der Waals surface area (Å²) in [6, 6.07) is 5.04. The Morgan fingerprint density at radius 1 is 1.25 bits per heavy atom. The third kappa shape index (κ3) is 10.4. The summed E-state index contributed by atoms with van der Waals surface area (Å²) in [6.45, 7) is 1.34. The first-order chi connectivity index (χ1) is 10.8. The molecule has 24 heavy (non-hydrogen) atoms. The zero-order valence-corrected chi connectivity index (χ0v) is 18.3. The Bertz CT molecular complexity index is 644. The van der Waals surface area contributed by atoms with Crippen LogP contribution in [-0.2, 0) is 16.4 Å². The molecule has 6 nitrogen and oxygen atoms in total. The summed E-state index contributed by atoms with van der Waals surface area (Å²) in [4.78, 5) is 4.03. The molecule has 0 aliphatic heterocycles. The molecule has 0 spiro atoms. The van der Waals surface area contributed by atoms with Crippen LogP contribution >= 0.6 is 39.9 Å². The van der Waals surface area contributed by atoms with E-state index in [9.17, 15) is 12.8 Å². The van der Waals surface area contributed by atoms with Crippen molar-refractivity contribution in [3.63, 3.8) is 0 Å². The van der Waals surface area contributed by atoms with Gasteiger partial charge in [-0.1, -0.05) is 22.0 Å². The number of hydrogen-bond acceptors (Lipinski definition) is 3. The van der Waals surface area contributed by atoms with Gasteiger partial charge in [0.25, 0.3) is 0 Å². The van der Waals surface area contributed by atoms with E-state index in [0.29, 0.717) is 31.0 Å². The lowest BCUT2D eigenvalue weighted by Crippen LogP contribution is -2.41. The number of nitrogens with one attached hydrogen (secondary N) is 3. The van der Waals surface area contributed by atoms with Crippen LogP contribution in [-0.4, -0.2) is 47.3 Å². The van der Waals surface area contributed by atoms with Gasteiger partial charge >= 0.3 is 0 Å². The summed E-state index contributed by atoms with van der Waals surface area (Å²) in [5, 5.41) is 6.09. The molecule has 0 aliphatic rings. The van der Waals surface area contributed by atoms with E-state index < -0.39 is 10.0 Å². The number of rotatable bonds is 8. The van der Waals surface area contributed by atoms with Crippen LogP contribution in [0.2, 0.25) is 0 Å². The topological polar surface area (TPSA) is 82.6 Å². The van der Waals surface area contributed by atoms with Crippen molar-refractivity contribution in [2.24, 2.45) is 4.99 Å². The van der Waals surface area contributed by atoms with Gasteiger partial charge in [-0.25, -0.2) is 17.5 Å². The quantitative estimate of drug-likeness (QED) is 0.205. The van der Waals surface area contributed by atoms with Crippen LogP contribution in [0.5, 0.6) is 0 Å². The van der Waals surface area contributed by atoms with E-state index in [2.05, 4.69) is 36.3 Å². The van der Waals surface area contributed by atoms with Crippen molar-refractivity contribution >= 4 is 55.9 Å². The highest BCUT2D eigenvalue weighted by Crippen LogP contribution is 2.16. The summed E-state index contributed by atoms with van der Waals surface area (Å²) in [6.07, 6.45) is 2.49. The Morgan fingerprint density at radius 3 is 2.50 bits per heavy atom. The zero-order valence-electron chi connectivity index (χ0n) is 13.6. The van der Waals surface area contributed by atoms with E-state index in [1.165, 1.54) is 6.07 Å². The van der Waals surface area contributed by atoms with Crippen molar-refractivity contribution < 1.29 is 12.8 Å². The Kier molecular flexibility index (Phi) is 11.8. The van der Waals surface area contributed by atoms with Gasteiger partial charge in [0.1, 0.15) is 5.82 Å². The lowest BCUT2D eigenvalue weighted by Gasteiger charge is -2.12. The van der Waals surface area contributed by atoms with Crippen molar-refractivity contribution in [2.75, 3.05) is 32.9 Å². The van der Waals surface area contributed by atoms with E-state index in [1.54, 1.807) is 13.1 Å². The van der Waals surface area contributed by atoms with Gasteiger partial charge in [-0.05, 0) is 30.5 Å². The molecule has 0 saturated heterocycles. The number of hydrogen-bond donors (Lipinski definition) is 3. The Hall–Kier alpha value is -0.460. The van der Waals surface area contributed by atoms with E-state index >= 15 is 0 Å². The van der Waals surface area contributed by atoms with Crippen LogP contribution < -0.4 is 15.4 Å². The molecule has 3 N–H and O–H groups in total. The third-order valence-corrected chi connectivity index (χ3v) is 4.16. The van der Waals surface area contributed by atoms with Crippen LogP contribution in [0.3, 0.4) is 0 Å². The number of aliphatic imine (C=N–C) groups is 1. The Labute approximate surface area is 168 Å². The first kappa shape index (κ1) is 23.5. The Morgan fingerprint density at radius 2 is 1.92 bits per heavy atom. The second kappa shape index (κ2) is 12.0. The van der Waals surface area contributed by atoms with Gasteiger partial charge in [0.2, 0.25) is 10.0 Å². The highest BCUT2D eigenvalue weighted by molar-refractivity contribution is 14.0. The van der Waals surface area contributed by atoms with Gasteiger partial charge in [-0.3, -0.25) is 4.99 Å². The fourth-order valence-corrected chi connectivity index (χ4v) is 2.65. The second-order valence-corrected chi connectivity index (χ2v) is 7.68. The van der Waals surface area contributed by atoms with Crippen LogP contribution in [0.1, 0.15) is 12.0 Å². The SMILES string of the molecule is CN=C(NCCCc1ccc(Br)cc1F)NCCNS(C)(=O)=O.I. The van der Waals surface area contributed by atoms with Crippen LogP contribution in [0.25, 0.3) is 0 Å². The standard InChI is InChI=1S/C14H22BrFN4O2S.HI/c1-17-14(19-8-9-20-23(2,21)22)18-7-3-4-11-5-6-12(15)10-13(11)16;/h5-6,10,20H,3-4,7-9H2,1-2H3,(H2,17,18,19);1H. The number of guanidine groups is 1. The molecule has 0 heterocycles. The molecule has 0 aromatic heterocycles. The van der Waals surface area contributed by atoms with Gasteiger partial charge in [0.05, 0.1) is 6.26 Å². The molecule has 10 heteroatoms. The fraction of sp³-hybridized carbons (Fsp3) is 0.500. The van der Waals surface area contributed by atoms with Crippen LogP contribution in [0.15, 0.2) is 27.7 Å². The monoisotopic (exact) mass is 536 g/mol. The van der Waals surface area contributed by atoms with Gasteiger partial charge in [0, 0.05) is 31.2 Å². The predicted octanol–water partition coefficient (Wildman–Crippen LogP) is 1.85. The molecular formula is C14H23BrFIN4O2S. The van der Waals surface area contributed by atoms with E-state index in [4.69, 9.17) is 0 Å². The van der Waals surface area contributed by atoms with Crippen molar-refractivity contribution in [3.05, 3.63) is 34.1 Å². The van der Waals surface area contributed by atoms with Gasteiger partial charge in [-0.15, -0.1) is 24.0 Å². The summed E-state index contributed by atoms with van der Waals surface area (Å²) in [5.74, 6) is 0.366. The number of nitrogens with zero attached hydrogens (tertiary/aromatic N) is 1. The van der Waals surface area contributed by atoms with Gasteiger partial charge < -0.3 is 10.6 Å². The number of halogens is 3. The summed E-state index contributed by atoms with van der Waals surface area (Å²) in [7, 11) is -1.54. The second-order valence-electron chi connectivity index (χ2n) is 4.93. The summed E-state index contributed by atoms with van der Waals surface area (Å²) < 4.78 is 38.6. The maximum atomic E-state index is 13.7. The molecule has 1 aromatic rings. The molecule has 0 saturated carbocycles. The smallest absolute Gasteiger partial charge is 0.208 e. The van der Waals surface area contributed by atoms with Crippen molar-refractivity contribution in [3.8, 4) is 0 Å². The maximum Gasteiger partial charge on any atom is 0.208 e. The molecule has 0 unspecified atom stereocenters. The predicted molar refractivity (Wildman–Crippen MR) is 110 cm³/mol. The van der Waals surface area contributed by atoms with Crippen molar-refractivity contribution in [2.45, 2.75) is 12.8 Å². The molecule has 1 rings (SSSR count). The molecule has 0 bridgehead atoms. The van der Waals surface area contributed by atoms with E-state index in [0.717, 1.165) is 17.1 Å².